The molecule has 5 nitrogen and oxygen atoms in total. The summed E-state index contributed by atoms with van der Waals surface area (Å²) in [6.45, 7) is 7.75. The lowest BCUT2D eigenvalue weighted by atomic mass is 10.1. The summed E-state index contributed by atoms with van der Waals surface area (Å²) in [6, 6.07) is 0. The van der Waals surface area contributed by atoms with E-state index in [1.807, 2.05) is 0 Å². The molecule has 338 valence electrons. The first kappa shape index (κ1) is 55.9. The molecule has 0 fully saturated rings. The maximum absolute atomic E-state index is 12.8. The molecule has 0 aliphatic heterocycles. The summed E-state index contributed by atoms with van der Waals surface area (Å²) in [7, 11) is 0. The van der Waals surface area contributed by atoms with Crippen molar-refractivity contribution in [1.82, 2.24) is 0 Å². The van der Waals surface area contributed by atoms with Crippen LogP contribution < -0.4 is 0 Å². The maximum atomic E-state index is 12.8. The van der Waals surface area contributed by atoms with E-state index < -0.39 is 6.10 Å². The number of unbranched alkanes of at least 4 members (excludes halogenated alkanes) is 27. The molecule has 0 aromatic heterocycles. The lowest BCUT2D eigenvalue weighted by Gasteiger charge is -2.18. The van der Waals surface area contributed by atoms with Gasteiger partial charge in [-0.05, 0) is 103 Å². The van der Waals surface area contributed by atoms with Crippen molar-refractivity contribution >= 4 is 11.9 Å². The fourth-order valence-corrected chi connectivity index (χ4v) is 7.00. The highest BCUT2D eigenvalue weighted by Crippen LogP contribution is 2.13. The molecule has 0 aromatic rings. The van der Waals surface area contributed by atoms with Gasteiger partial charge < -0.3 is 14.2 Å². The molecule has 1 unspecified atom stereocenters. The second kappa shape index (κ2) is 49.2. The van der Waals surface area contributed by atoms with E-state index in [1.54, 1.807) is 0 Å². The van der Waals surface area contributed by atoms with E-state index in [-0.39, 0.29) is 25.2 Å². The van der Waals surface area contributed by atoms with Crippen LogP contribution in [0.15, 0.2) is 48.6 Å². The Morgan fingerprint density at radius 1 is 0.379 bits per heavy atom. The second-order valence-electron chi connectivity index (χ2n) is 16.7. The summed E-state index contributed by atoms with van der Waals surface area (Å²) in [6.07, 6.45) is 59.6. The first-order chi connectivity index (χ1) is 28.6. The average Bonchev–Trinajstić information content (AvgIpc) is 3.22. The molecule has 1 atom stereocenters. The molecular weight excluding hydrogens is 717 g/mol. The van der Waals surface area contributed by atoms with Crippen molar-refractivity contribution in [3.63, 3.8) is 0 Å². The summed E-state index contributed by atoms with van der Waals surface area (Å²) < 4.78 is 17.4. The largest absolute Gasteiger partial charge is 0.462 e. The molecule has 5 heteroatoms. The predicted molar refractivity (Wildman–Crippen MR) is 251 cm³/mol. The molecule has 0 saturated heterocycles. The van der Waals surface area contributed by atoms with Crippen LogP contribution in [0.5, 0.6) is 0 Å². The number of carbonyl (C=O) groups is 2. The van der Waals surface area contributed by atoms with Crippen LogP contribution in [-0.2, 0) is 23.8 Å². The Kier molecular flexibility index (Phi) is 47.4. The molecule has 0 rings (SSSR count). The van der Waals surface area contributed by atoms with Crippen LogP contribution in [0.2, 0.25) is 0 Å². The van der Waals surface area contributed by atoms with Gasteiger partial charge in [0.1, 0.15) is 6.61 Å². The molecule has 0 radical (unpaired) electrons. The minimum atomic E-state index is -0.547. The van der Waals surface area contributed by atoms with Gasteiger partial charge in [-0.2, -0.15) is 0 Å². The van der Waals surface area contributed by atoms with Crippen molar-refractivity contribution in [2.75, 3.05) is 19.8 Å². The van der Waals surface area contributed by atoms with Gasteiger partial charge in [-0.3, -0.25) is 9.59 Å². The van der Waals surface area contributed by atoms with Crippen molar-refractivity contribution in [3.05, 3.63) is 48.6 Å². The van der Waals surface area contributed by atoms with E-state index in [1.165, 1.54) is 148 Å². The number of ether oxygens (including phenoxy) is 3. The highest BCUT2D eigenvalue weighted by atomic mass is 16.6. The number of hydrogen-bond donors (Lipinski definition) is 0. The summed E-state index contributed by atoms with van der Waals surface area (Å²) in [5.74, 6) is -0.417. The summed E-state index contributed by atoms with van der Waals surface area (Å²) in [5, 5.41) is 0. The Balaban J connectivity index is 4.29. The molecule has 0 heterocycles. The number of carbonyl (C=O) groups excluding carboxylic acids is 2. The Morgan fingerprint density at radius 2 is 0.724 bits per heavy atom. The smallest absolute Gasteiger partial charge is 0.306 e. The molecule has 0 aliphatic carbocycles. The predicted octanol–water partition coefficient (Wildman–Crippen LogP) is 16.8. The first-order valence-corrected chi connectivity index (χ1v) is 25.2. The van der Waals surface area contributed by atoms with Gasteiger partial charge in [0.05, 0.1) is 6.61 Å². The van der Waals surface area contributed by atoms with Gasteiger partial charge in [-0.1, -0.05) is 185 Å². The first-order valence-electron chi connectivity index (χ1n) is 25.2. The van der Waals surface area contributed by atoms with E-state index >= 15 is 0 Å². The highest BCUT2D eigenvalue weighted by molar-refractivity contribution is 5.70. The molecule has 0 spiro atoms. The van der Waals surface area contributed by atoms with Gasteiger partial charge >= 0.3 is 11.9 Å². The zero-order valence-corrected chi connectivity index (χ0v) is 38.8. The highest BCUT2D eigenvalue weighted by Gasteiger charge is 2.17. The van der Waals surface area contributed by atoms with E-state index in [0.29, 0.717) is 19.4 Å². The average molecular weight is 813 g/mol. The van der Waals surface area contributed by atoms with Crippen molar-refractivity contribution < 1.29 is 23.8 Å². The van der Waals surface area contributed by atoms with Crippen molar-refractivity contribution in [2.45, 2.75) is 258 Å². The van der Waals surface area contributed by atoms with E-state index in [0.717, 1.165) is 70.6 Å². The van der Waals surface area contributed by atoms with E-state index in [4.69, 9.17) is 14.2 Å². The Labute approximate surface area is 361 Å². The number of hydrogen-bond acceptors (Lipinski definition) is 5. The molecule has 0 saturated carbocycles. The zero-order chi connectivity index (χ0) is 42.1. The molecule has 0 bridgehead atoms. The number of esters is 2. The Hall–Kier alpha value is -2.14. The third kappa shape index (κ3) is 46.5. The SMILES string of the molecule is CCCCC/C=C\C/C=C\CCCCCCCCOCC(COC(=O)CCCCCCC/C=C\CCCCCC)OC(=O)CCCCCCC/C=C\CCCCCC. The lowest BCUT2D eigenvalue weighted by molar-refractivity contribution is -0.163. The van der Waals surface area contributed by atoms with Crippen molar-refractivity contribution in [1.29, 1.82) is 0 Å². The topological polar surface area (TPSA) is 61.8 Å². The maximum Gasteiger partial charge on any atom is 0.306 e. The monoisotopic (exact) mass is 813 g/mol. The summed E-state index contributed by atoms with van der Waals surface area (Å²) in [4.78, 5) is 25.3. The van der Waals surface area contributed by atoms with Crippen LogP contribution in [0.1, 0.15) is 252 Å². The Morgan fingerprint density at radius 3 is 1.19 bits per heavy atom. The van der Waals surface area contributed by atoms with E-state index in [9.17, 15) is 9.59 Å². The van der Waals surface area contributed by atoms with E-state index in [2.05, 4.69) is 69.4 Å². The standard InChI is InChI=1S/C53H96O5/c1-4-7-10-13-16-19-22-25-26-27-30-33-36-39-42-45-48-56-49-51(58-53(55)47-44-41-38-35-32-29-24-21-18-15-12-9-6-3)50-57-52(54)46-43-40-37-34-31-28-23-20-17-14-11-8-5-2/h16,19-21,23-26,51H,4-15,17-18,22,27-50H2,1-3H3/b19-16-,23-20-,24-21-,26-25-. The third-order valence-electron chi connectivity index (χ3n) is 10.8. The van der Waals surface area contributed by atoms with Gasteiger partial charge in [-0.15, -0.1) is 0 Å². The van der Waals surface area contributed by atoms with Gasteiger partial charge in [0.25, 0.3) is 0 Å². The fourth-order valence-electron chi connectivity index (χ4n) is 7.00. The van der Waals surface area contributed by atoms with Crippen LogP contribution in [-0.4, -0.2) is 37.9 Å². The minimum Gasteiger partial charge on any atom is -0.462 e. The lowest BCUT2D eigenvalue weighted by Crippen LogP contribution is -2.30. The molecule has 0 amide bonds. The molecule has 0 N–H and O–H groups in total. The third-order valence-corrected chi connectivity index (χ3v) is 10.8. The fraction of sp³-hybridized carbons (Fsp3) is 0.811. The minimum absolute atomic E-state index is 0.0746. The van der Waals surface area contributed by atoms with Gasteiger partial charge in [0.2, 0.25) is 0 Å². The molecule has 0 aliphatic rings. The molecule has 0 aromatic carbocycles. The Bertz CT molecular complexity index is 966. The quantitative estimate of drug-likeness (QED) is 0.0348. The number of allylic oxidation sites excluding steroid dienone is 8. The summed E-state index contributed by atoms with van der Waals surface area (Å²) >= 11 is 0. The van der Waals surface area contributed by atoms with Crippen LogP contribution in [0, 0.1) is 0 Å². The molecular formula is C53H96O5. The molecule has 58 heavy (non-hydrogen) atoms. The van der Waals surface area contributed by atoms with Crippen LogP contribution in [0.3, 0.4) is 0 Å². The zero-order valence-electron chi connectivity index (χ0n) is 38.8. The van der Waals surface area contributed by atoms with Crippen molar-refractivity contribution in [2.24, 2.45) is 0 Å². The number of rotatable bonds is 46. The van der Waals surface area contributed by atoms with Gasteiger partial charge in [0, 0.05) is 19.4 Å². The van der Waals surface area contributed by atoms with Crippen molar-refractivity contribution in [3.8, 4) is 0 Å². The van der Waals surface area contributed by atoms with Crippen LogP contribution >= 0.6 is 0 Å². The second-order valence-corrected chi connectivity index (χ2v) is 16.7. The summed E-state index contributed by atoms with van der Waals surface area (Å²) in [5.41, 5.74) is 0. The normalized spacial score (nSPS) is 12.5. The van der Waals surface area contributed by atoms with Crippen LogP contribution in [0.25, 0.3) is 0 Å². The van der Waals surface area contributed by atoms with Gasteiger partial charge in [0.15, 0.2) is 6.10 Å². The van der Waals surface area contributed by atoms with Crippen LogP contribution in [0.4, 0.5) is 0 Å². The van der Waals surface area contributed by atoms with Gasteiger partial charge in [-0.25, -0.2) is 0 Å².